The van der Waals surface area contributed by atoms with Crippen molar-refractivity contribution in [1.82, 2.24) is 4.98 Å². The molecule has 2 rings (SSSR count). The summed E-state index contributed by atoms with van der Waals surface area (Å²) >= 11 is 0. The maximum Gasteiger partial charge on any atom is 0.354 e. The molecule has 106 valence electrons. The summed E-state index contributed by atoms with van der Waals surface area (Å²) in [5.41, 5.74) is 3.79. The number of carbonyl (C=O) groups is 1. The minimum atomic E-state index is -0.349. The van der Waals surface area contributed by atoms with Crippen molar-refractivity contribution >= 4 is 11.7 Å². The molecule has 0 amide bonds. The molecule has 0 saturated carbocycles. The average molecular weight is 272 g/mol. The summed E-state index contributed by atoms with van der Waals surface area (Å²) in [6.45, 7) is 4.98. The number of ether oxygens (including phenoxy) is 1. The number of esters is 1. The largest absolute Gasteiger partial charge is 0.464 e. The second-order valence-electron chi connectivity index (χ2n) is 5.02. The van der Waals surface area contributed by atoms with E-state index >= 15 is 0 Å². The number of methoxy groups -OCH3 is 1. The molecule has 0 radical (unpaired) electrons. The van der Waals surface area contributed by atoms with E-state index in [1.54, 1.807) is 6.07 Å². The second-order valence-corrected chi connectivity index (χ2v) is 5.02. The van der Waals surface area contributed by atoms with Crippen LogP contribution in [0.4, 0.5) is 5.69 Å². The molecule has 0 spiro atoms. The first-order valence-electron chi connectivity index (χ1n) is 6.70. The number of nitrogens with one attached hydrogen (secondary N) is 2. The summed E-state index contributed by atoms with van der Waals surface area (Å²) in [7, 11) is 1.37. The van der Waals surface area contributed by atoms with Crippen molar-refractivity contribution in [2.75, 3.05) is 12.4 Å². The Morgan fingerprint density at radius 3 is 2.80 bits per heavy atom. The first kappa shape index (κ1) is 14.2. The quantitative estimate of drug-likeness (QED) is 0.819. The van der Waals surface area contributed by atoms with E-state index in [4.69, 9.17) is 0 Å². The highest BCUT2D eigenvalue weighted by molar-refractivity contribution is 5.87. The highest BCUT2D eigenvalue weighted by Crippen LogP contribution is 2.19. The molecule has 4 nitrogen and oxygen atoms in total. The van der Waals surface area contributed by atoms with Gasteiger partial charge in [-0.3, -0.25) is 0 Å². The molecule has 2 N–H and O–H groups in total. The van der Waals surface area contributed by atoms with Gasteiger partial charge in [0.25, 0.3) is 0 Å². The van der Waals surface area contributed by atoms with Crippen LogP contribution in [0.2, 0.25) is 0 Å². The van der Waals surface area contributed by atoms with E-state index in [1.807, 2.05) is 18.2 Å². The van der Waals surface area contributed by atoms with Gasteiger partial charge in [-0.1, -0.05) is 26.0 Å². The monoisotopic (exact) mass is 272 g/mol. The molecule has 1 heterocycles. The molecule has 0 aliphatic rings. The molecule has 0 fully saturated rings. The van der Waals surface area contributed by atoms with Gasteiger partial charge in [-0.05, 0) is 35.7 Å². The number of hydrogen-bond acceptors (Lipinski definition) is 3. The minimum Gasteiger partial charge on any atom is -0.464 e. The molecule has 1 aromatic heterocycles. The normalized spacial score (nSPS) is 10.6. The molecule has 20 heavy (non-hydrogen) atoms. The predicted octanol–water partition coefficient (Wildman–Crippen LogP) is 3.54. The van der Waals surface area contributed by atoms with Gasteiger partial charge in [0.1, 0.15) is 5.69 Å². The van der Waals surface area contributed by atoms with Crippen LogP contribution in [0, 0.1) is 0 Å². The Balaban J connectivity index is 2.00. The van der Waals surface area contributed by atoms with Crippen LogP contribution in [-0.2, 0) is 11.3 Å². The molecule has 0 unspecified atom stereocenters. The summed E-state index contributed by atoms with van der Waals surface area (Å²) in [5, 5.41) is 3.34. The van der Waals surface area contributed by atoms with Crippen molar-refractivity contribution in [2.45, 2.75) is 26.3 Å². The van der Waals surface area contributed by atoms with Crippen molar-refractivity contribution in [3.05, 3.63) is 53.3 Å². The number of H-pyrrole nitrogens is 1. The third kappa shape index (κ3) is 3.41. The van der Waals surface area contributed by atoms with Gasteiger partial charge in [-0.2, -0.15) is 0 Å². The zero-order valence-electron chi connectivity index (χ0n) is 12.1. The first-order valence-corrected chi connectivity index (χ1v) is 6.70. The molecule has 0 atom stereocenters. The number of aromatic amines is 1. The van der Waals surface area contributed by atoms with Crippen LogP contribution in [0.1, 0.15) is 41.5 Å². The summed E-state index contributed by atoms with van der Waals surface area (Å²) in [6, 6.07) is 12.0. The molecule has 0 aliphatic carbocycles. The third-order valence-corrected chi connectivity index (χ3v) is 3.19. The third-order valence-electron chi connectivity index (χ3n) is 3.19. The first-order chi connectivity index (χ1) is 9.60. The van der Waals surface area contributed by atoms with Gasteiger partial charge in [-0.25, -0.2) is 4.79 Å². The van der Waals surface area contributed by atoms with E-state index in [9.17, 15) is 4.79 Å². The zero-order valence-corrected chi connectivity index (χ0v) is 12.1. The maximum absolute atomic E-state index is 11.3. The Morgan fingerprint density at radius 2 is 2.10 bits per heavy atom. The lowest BCUT2D eigenvalue weighted by molar-refractivity contribution is 0.0594. The van der Waals surface area contributed by atoms with Crippen LogP contribution >= 0.6 is 0 Å². The number of carbonyl (C=O) groups excluding carboxylic acids is 1. The smallest absolute Gasteiger partial charge is 0.354 e. The Labute approximate surface area is 119 Å². The van der Waals surface area contributed by atoms with Gasteiger partial charge in [0, 0.05) is 11.4 Å². The van der Waals surface area contributed by atoms with Gasteiger partial charge in [0.2, 0.25) is 0 Å². The molecular formula is C16H20N2O2. The van der Waals surface area contributed by atoms with Crippen LogP contribution in [0.3, 0.4) is 0 Å². The molecule has 4 heteroatoms. The Kier molecular flexibility index (Phi) is 4.45. The highest BCUT2D eigenvalue weighted by atomic mass is 16.5. The van der Waals surface area contributed by atoms with Crippen LogP contribution < -0.4 is 5.32 Å². The summed E-state index contributed by atoms with van der Waals surface area (Å²) in [4.78, 5) is 14.4. The fourth-order valence-electron chi connectivity index (χ4n) is 1.98. The zero-order chi connectivity index (χ0) is 14.5. The lowest BCUT2D eigenvalue weighted by Crippen LogP contribution is -2.04. The lowest BCUT2D eigenvalue weighted by Gasteiger charge is -2.09. The Bertz CT molecular complexity index is 588. The average Bonchev–Trinajstić information content (AvgIpc) is 2.93. The molecule has 2 aromatic rings. The second kappa shape index (κ2) is 6.28. The Hall–Kier alpha value is -2.23. The van der Waals surface area contributed by atoms with Crippen molar-refractivity contribution in [2.24, 2.45) is 0 Å². The lowest BCUT2D eigenvalue weighted by atomic mass is 10.0. The number of aromatic nitrogens is 1. The maximum atomic E-state index is 11.3. The minimum absolute atomic E-state index is 0.349. The fourth-order valence-corrected chi connectivity index (χ4v) is 1.98. The topological polar surface area (TPSA) is 54.1 Å². The van der Waals surface area contributed by atoms with Gasteiger partial charge in [0.15, 0.2) is 0 Å². The number of anilines is 1. The van der Waals surface area contributed by atoms with Gasteiger partial charge >= 0.3 is 5.97 Å². The summed E-state index contributed by atoms with van der Waals surface area (Å²) < 4.78 is 4.66. The fraction of sp³-hybridized carbons (Fsp3) is 0.312. The van der Waals surface area contributed by atoms with Gasteiger partial charge in [-0.15, -0.1) is 0 Å². The van der Waals surface area contributed by atoms with Gasteiger partial charge in [0.05, 0.1) is 13.7 Å². The number of hydrogen-bond donors (Lipinski definition) is 2. The molecule has 0 saturated heterocycles. The van der Waals surface area contributed by atoms with Crippen LogP contribution in [0.25, 0.3) is 0 Å². The van der Waals surface area contributed by atoms with Crippen LogP contribution in [0.5, 0.6) is 0 Å². The molecule has 0 bridgehead atoms. The van der Waals surface area contributed by atoms with Gasteiger partial charge < -0.3 is 15.0 Å². The Morgan fingerprint density at radius 1 is 1.30 bits per heavy atom. The van der Waals surface area contributed by atoms with Crippen molar-refractivity contribution < 1.29 is 9.53 Å². The molecule has 0 aliphatic heterocycles. The molecular weight excluding hydrogens is 252 g/mol. The van der Waals surface area contributed by atoms with E-state index < -0.39 is 0 Å². The van der Waals surface area contributed by atoms with Crippen molar-refractivity contribution in [1.29, 1.82) is 0 Å². The SMILES string of the molecule is COC(=O)c1ccc(CNc2cccc(C(C)C)c2)[nH]1. The van der Waals surface area contributed by atoms with Crippen molar-refractivity contribution in [3.63, 3.8) is 0 Å². The highest BCUT2D eigenvalue weighted by Gasteiger charge is 2.07. The number of benzene rings is 1. The van der Waals surface area contributed by atoms with Crippen molar-refractivity contribution in [3.8, 4) is 0 Å². The van der Waals surface area contributed by atoms with E-state index in [1.165, 1.54) is 12.7 Å². The van der Waals surface area contributed by atoms with Crippen LogP contribution in [-0.4, -0.2) is 18.1 Å². The van der Waals surface area contributed by atoms with Crippen LogP contribution in [0.15, 0.2) is 36.4 Å². The summed E-state index contributed by atoms with van der Waals surface area (Å²) in [5.74, 6) is 0.159. The predicted molar refractivity (Wildman–Crippen MR) is 80.0 cm³/mol. The van der Waals surface area contributed by atoms with E-state index in [-0.39, 0.29) is 5.97 Å². The summed E-state index contributed by atoms with van der Waals surface area (Å²) in [6.07, 6.45) is 0. The standard InChI is InChI=1S/C16H20N2O2/c1-11(2)12-5-4-6-13(9-12)17-10-14-7-8-15(18-14)16(19)20-3/h4-9,11,17-18H,10H2,1-3H3. The molecule has 1 aromatic carbocycles. The van der Waals surface area contributed by atoms with E-state index in [2.05, 4.69) is 41.0 Å². The van der Waals surface area contributed by atoms with E-state index in [0.717, 1.165) is 11.4 Å². The van der Waals surface area contributed by atoms with E-state index in [0.29, 0.717) is 18.2 Å². The number of rotatable bonds is 5.